The number of rotatable bonds is 3. The molecule has 0 bridgehead atoms. The van der Waals surface area contributed by atoms with Crippen LogP contribution in [0.4, 0.5) is 0 Å². The summed E-state index contributed by atoms with van der Waals surface area (Å²) in [5.74, 6) is 0. The highest BCUT2D eigenvalue weighted by atomic mass is 35.5. The summed E-state index contributed by atoms with van der Waals surface area (Å²) < 4.78 is 2.02. The summed E-state index contributed by atoms with van der Waals surface area (Å²) in [5, 5.41) is 1.18. The molecule has 0 spiro atoms. The number of nitrogens with one attached hydrogen (secondary N) is 1. The number of nitrogens with zero attached hydrogens (tertiary/aromatic N) is 1. The molecule has 0 aliphatic rings. The molecule has 0 atom stereocenters. The van der Waals surface area contributed by atoms with E-state index in [1.54, 1.807) is 22.8 Å². The maximum Gasteiger partial charge on any atom is 0.262 e. The Bertz CT molecular complexity index is 900. The van der Waals surface area contributed by atoms with Gasteiger partial charge in [-0.25, -0.2) is 0 Å². The smallest absolute Gasteiger partial charge is 0.262 e. The highest BCUT2D eigenvalue weighted by Gasteiger charge is 2.06. The molecule has 2 aromatic carbocycles. The van der Waals surface area contributed by atoms with E-state index in [0.29, 0.717) is 27.2 Å². The van der Waals surface area contributed by atoms with Crippen molar-refractivity contribution in [1.29, 1.82) is 0 Å². The number of aryl methyl sites for hydroxylation is 1. The first kappa shape index (κ1) is 14.0. The molecule has 21 heavy (non-hydrogen) atoms. The van der Waals surface area contributed by atoms with Crippen LogP contribution in [0.3, 0.4) is 0 Å². The Morgan fingerprint density at radius 3 is 2.67 bits per heavy atom. The molecule has 3 rings (SSSR count). The van der Waals surface area contributed by atoms with Gasteiger partial charge in [0.15, 0.2) is 4.77 Å². The van der Waals surface area contributed by atoms with E-state index in [-0.39, 0.29) is 5.56 Å². The first-order chi connectivity index (χ1) is 10.1. The molecule has 0 saturated heterocycles. The van der Waals surface area contributed by atoms with E-state index < -0.39 is 0 Å². The second-order valence-corrected chi connectivity index (χ2v) is 5.64. The quantitative estimate of drug-likeness (QED) is 0.743. The predicted octanol–water partition coefficient (Wildman–Crippen LogP) is 3.96. The predicted molar refractivity (Wildman–Crippen MR) is 88.5 cm³/mol. The van der Waals surface area contributed by atoms with Crippen molar-refractivity contribution in [3.8, 4) is 0 Å². The Morgan fingerprint density at radius 1 is 1.14 bits per heavy atom. The van der Waals surface area contributed by atoms with Gasteiger partial charge < -0.3 is 4.98 Å². The number of fused-ring (bicyclic) bond motifs is 1. The number of benzene rings is 2. The Hall–Kier alpha value is -1.91. The zero-order valence-corrected chi connectivity index (χ0v) is 12.7. The molecule has 3 nitrogen and oxygen atoms in total. The highest BCUT2D eigenvalue weighted by Crippen LogP contribution is 2.14. The van der Waals surface area contributed by atoms with Crippen molar-refractivity contribution in [3.63, 3.8) is 0 Å². The zero-order valence-electron chi connectivity index (χ0n) is 11.2. The minimum Gasteiger partial charge on any atom is -0.332 e. The maximum absolute atomic E-state index is 12.5. The third-order valence-corrected chi connectivity index (χ3v) is 3.97. The molecule has 1 N–H and O–H groups in total. The molecule has 1 aromatic heterocycles. The van der Waals surface area contributed by atoms with Crippen LogP contribution in [-0.2, 0) is 13.0 Å². The molecule has 5 heteroatoms. The van der Waals surface area contributed by atoms with Gasteiger partial charge in [-0.2, -0.15) is 0 Å². The van der Waals surface area contributed by atoms with Crippen molar-refractivity contribution < 1.29 is 0 Å². The average Bonchev–Trinajstić information content (AvgIpc) is 2.47. The fraction of sp³-hybridized carbons (Fsp3) is 0.125. The van der Waals surface area contributed by atoms with E-state index in [2.05, 4.69) is 4.98 Å². The van der Waals surface area contributed by atoms with Gasteiger partial charge in [0.25, 0.3) is 5.56 Å². The summed E-state index contributed by atoms with van der Waals surface area (Å²) in [5.41, 5.74) is 1.77. The third kappa shape index (κ3) is 2.91. The molecule has 0 fully saturated rings. The van der Waals surface area contributed by atoms with Crippen LogP contribution in [0.1, 0.15) is 5.56 Å². The standard InChI is InChI=1S/C16H13ClN2OS/c17-12-6-7-13-14(10-12)18-16(21)19(15(13)20)9-8-11-4-2-1-3-5-11/h1-7,10H,8-9H2,(H,18,21). The van der Waals surface area contributed by atoms with Crippen molar-refractivity contribution in [1.82, 2.24) is 9.55 Å². The second-order valence-electron chi connectivity index (χ2n) is 4.81. The summed E-state index contributed by atoms with van der Waals surface area (Å²) >= 11 is 11.2. The first-order valence-corrected chi connectivity index (χ1v) is 7.40. The number of hydrogen-bond acceptors (Lipinski definition) is 2. The lowest BCUT2D eigenvalue weighted by atomic mass is 10.1. The summed E-state index contributed by atoms with van der Waals surface area (Å²) in [6, 6.07) is 15.2. The largest absolute Gasteiger partial charge is 0.332 e. The van der Waals surface area contributed by atoms with Gasteiger partial charge in [0.1, 0.15) is 0 Å². The van der Waals surface area contributed by atoms with E-state index in [4.69, 9.17) is 23.8 Å². The van der Waals surface area contributed by atoms with Crippen LogP contribution in [0.25, 0.3) is 10.9 Å². The average molecular weight is 317 g/mol. The van der Waals surface area contributed by atoms with E-state index in [1.807, 2.05) is 30.3 Å². The molecular weight excluding hydrogens is 304 g/mol. The van der Waals surface area contributed by atoms with Gasteiger partial charge in [-0.3, -0.25) is 9.36 Å². The Morgan fingerprint density at radius 2 is 1.90 bits per heavy atom. The van der Waals surface area contributed by atoms with Gasteiger partial charge in [-0.15, -0.1) is 0 Å². The van der Waals surface area contributed by atoms with Crippen molar-refractivity contribution in [2.45, 2.75) is 13.0 Å². The van der Waals surface area contributed by atoms with Gasteiger partial charge >= 0.3 is 0 Å². The normalized spacial score (nSPS) is 10.9. The fourth-order valence-electron chi connectivity index (χ4n) is 2.32. The fourth-order valence-corrected chi connectivity index (χ4v) is 2.77. The van der Waals surface area contributed by atoms with Crippen LogP contribution in [-0.4, -0.2) is 9.55 Å². The van der Waals surface area contributed by atoms with Crippen molar-refractivity contribution in [3.05, 3.63) is 74.2 Å². The van der Waals surface area contributed by atoms with Crippen LogP contribution >= 0.6 is 23.8 Å². The van der Waals surface area contributed by atoms with Crippen LogP contribution in [0, 0.1) is 4.77 Å². The van der Waals surface area contributed by atoms with Crippen LogP contribution in [0.5, 0.6) is 0 Å². The lowest BCUT2D eigenvalue weighted by Gasteiger charge is -2.08. The summed E-state index contributed by atoms with van der Waals surface area (Å²) in [4.78, 5) is 15.6. The Balaban J connectivity index is 2.01. The minimum absolute atomic E-state index is 0.0821. The molecule has 0 aliphatic carbocycles. The van der Waals surface area contributed by atoms with Gasteiger partial charge in [-0.05, 0) is 42.4 Å². The number of aromatic amines is 1. The molecule has 0 unspecified atom stereocenters. The molecule has 0 saturated carbocycles. The topological polar surface area (TPSA) is 37.8 Å². The number of halogens is 1. The third-order valence-electron chi connectivity index (χ3n) is 3.41. The van der Waals surface area contributed by atoms with E-state index in [1.165, 1.54) is 5.56 Å². The monoisotopic (exact) mass is 316 g/mol. The number of H-pyrrole nitrogens is 1. The lowest BCUT2D eigenvalue weighted by Crippen LogP contribution is -2.23. The summed E-state index contributed by atoms with van der Waals surface area (Å²) in [6.45, 7) is 0.552. The maximum atomic E-state index is 12.5. The second kappa shape index (κ2) is 5.84. The summed E-state index contributed by atoms with van der Waals surface area (Å²) in [7, 11) is 0. The van der Waals surface area contributed by atoms with Gasteiger partial charge in [0, 0.05) is 11.6 Å². The SMILES string of the molecule is O=c1c2ccc(Cl)cc2[nH]c(=S)n1CCc1ccccc1. The van der Waals surface area contributed by atoms with E-state index >= 15 is 0 Å². The van der Waals surface area contributed by atoms with Gasteiger partial charge in [0.05, 0.1) is 10.9 Å². The molecule has 106 valence electrons. The van der Waals surface area contributed by atoms with Crippen molar-refractivity contribution in [2.75, 3.05) is 0 Å². The number of hydrogen-bond donors (Lipinski definition) is 1. The molecule has 0 radical (unpaired) electrons. The van der Waals surface area contributed by atoms with Crippen LogP contribution < -0.4 is 5.56 Å². The first-order valence-electron chi connectivity index (χ1n) is 6.61. The molecule has 0 amide bonds. The molecule has 1 heterocycles. The summed E-state index contributed by atoms with van der Waals surface area (Å²) in [6.07, 6.45) is 0.761. The van der Waals surface area contributed by atoms with Gasteiger partial charge in [0.2, 0.25) is 0 Å². The van der Waals surface area contributed by atoms with Gasteiger partial charge in [-0.1, -0.05) is 41.9 Å². The molecular formula is C16H13ClN2OS. The van der Waals surface area contributed by atoms with Crippen LogP contribution in [0.2, 0.25) is 5.02 Å². The van der Waals surface area contributed by atoms with E-state index in [9.17, 15) is 4.79 Å². The van der Waals surface area contributed by atoms with Crippen molar-refractivity contribution >= 4 is 34.7 Å². The van der Waals surface area contributed by atoms with E-state index in [0.717, 1.165) is 6.42 Å². The molecule has 0 aliphatic heterocycles. The highest BCUT2D eigenvalue weighted by molar-refractivity contribution is 7.71. The molecule has 3 aromatic rings. The van der Waals surface area contributed by atoms with Crippen molar-refractivity contribution in [2.24, 2.45) is 0 Å². The Kier molecular flexibility index (Phi) is 3.90. The minimum atomic E-state index is -0.0821. The lowest BCUT2D eigenvalue weighted by molar-refractivity contribution is 0.652. The zero-order chi connectivity index (χ0) is 14.8. The Labute approximate surface area is 131 Å². The number of aromatic nitrogens is 2. The van der Waals surface area contributed by atoms with Crippen LogP contribution in [0.15, 0.2) is 53.3 Å².